The molecule has 0 N–H and O–H groups in total. The number of nitrogens with zero attached hydrogens (tertiary/aromatic N) is 3. The number of rotatable bonds is 6. The van der Waals surface area contributed by atoms with Gasteiger partial charge >= 0.3 is 0 Å². The number of benzene rings is 1. The Kier molecular flexibility index (Phi) is 5.09. The maximum atomic E-state index is 11.7. The van der Waals surface area contributed by atoms with Crippen LogP contribution < -0.4 is 0 Å². The van der Waals surface area contributed by atoms with Crippen LogP contribution in [-0.4, -0.2) is 12.3 Å². The van der Waals surface area contributed by atoms with Crippen LogP contribution in [0.25, 0.3) is 10.4 Å². The van der Waals surface area contributed by atoms with Crippen molar-refractivity contribution >= 4 is 5.78 Å². The van der Waals surface area contributed by atoms with Gasteiger partial charge in [0.05, 0.1) is 0 Å². The molecule has 1 aromatic carbocycles. The Labute approximate surface area is 94.9 Å². The summed E-state index contributed by atoms with van der Waals surface area (Å²) in [4.78, 5) is 14.3. The zero-order chi connectivity index (χ0) is 11.8. The maximum absolute atomic E-state index is 11.7. The van der Waals surface area contributed by atoms with E-state index in [1.807, 2.05) is 24.3 Å². The molecule has 1 rings (SSSR count). The molecule has 0 radical (unpaired) electrons. The van der Waals surface area contributed by atoms with Crippen LogP contribution in [0, 0.1) is 0 Å². The Morgan fingerprint density at radius 1 is 1.38 bits per heavy atom. The monoisotopic (exact) mass is 217 g/mol. The lowest BCUT2D eigenvalue weighted by Gasteiger charge is -2.01. The van der Waals surface area contributed by atoms with E-state index in [-0.39, 0.29) is 5.78 Å². The summed E-state index contributed by atoms with van der Waals surface area (Å²) in [6.07, 6.45) is 2.02. The molecule has 1 aromatic rings. The van der Waals surface area contributed by atoms with Gasteiger partial charge in [-0.15, -0.1) is 0 Å². The summed E-state index contributed by atoms with van der Waals surface area (Å²) in [6, 6.07) is 7.66. The molecule has 16 heavy (non-hydrogen) atoms. The highest BCUT2D eigenvalue weighted by atomic mass is 16.1. The fourth-order valence-corrected chi connectivity index (χ4v) is 1.43. The summed E-state index contributed by atoms with van der Waals surface area (Å²) in [5.74, 6) is 0.107. The van der Waals surface area contributed by atoms with Crippen molar-refractivity contribution in [2.75, 3.05) is 6.54 Å². The largest absolute Gasteiger partial charge is 0.294 e. The summed E-state index contributed by atoms with van der Waals surface area (Å²) in [6.45, 7) is 2.46. The maximum Gasteiger partial charge on any atom is 0.162 e. The first-order valence-corrected chi connectivity index (χ1v) is 5.41. The van der Waals surface area contributed by atoms with E-state index in [4.69, 9.17) is 5.53 Å². The van der Waals surface area contributed by atoms with Crippen molar-refractivity contribution in [3.63, 3.8) is 0 Å². The molecule has 84 valence electrons. The molecule has 0 atom stereocenters. The second kappa shape index (κ2) is 6.64. The fraction of sp³-hybridized carbons (Fsp3) is 0.417. The zero-order valence-electron chi connectivity index (χ0n) is 9.39. The molecule has 0 saturated carbocycles. The Balaban J connectivity index is 2.49. The summed E-state index contributed by atoms with van der Waals surface area (Å²) in [5, 5.41) is 3.39. The molecule has 0 amide bonds. The molecule has 0 spiro atoms. The van der Waals surface area contributed by atoms with Crippen LogP contribution in [0.1, 0.15) is 35.7 Å². The molecule has 4 heteroatoms. The van der Waals surface area contributed by atoms with Crippen LogP contribution in [0.15, 0.2) is 29.4 Å². The van der Waals surface area contributed by atoms with Gasteiger partial charge < -0.3 is 0 Å². The molecule has 0 unspecified atom stereocenters. The summed E-state index contributed by atoms with van der Waals surface area (Å²) in [5.41, 5.74) is 10.0. The van der Waals surface area contributed by atoms with E-state index in [1.54, 1.807) is 0 Å². The van der Waals surface area contributed by atoms with E-state index in [9.17, 15) is 4.79 Å². The van der Waals surface area contributed by atoms with Crippen molar-refractivity contribution in [3.8, 4) is 0 Å². The van der Waals surface area contributed by atoms with Gasteiger partial charge in [-0.2, -0.15) is 0 Å². The predicted octanol–water partition coefficient (Wildman–Crippen LogP) is 3.52. The minimum absolute atomic E-state index is 0.107. The molecule has 0 aliphatic heterocycles. The first-order valence-electron chi connectivity index (χ1n) is 5.41. The minimum Gasteiger partial charge on any atom is -0.294 e. The standard InChI is InChI=1S/C12H15N3O/c1-2-10-5-7-11(8-6-10)12(16)4-3-9-14-15-13/h5-8H,2-4,9H2,1H3. The van der Waals surface area contributed by atoms with Crippen molar-refractivity contribution < 1.29 is 4.79 Å². The SMILES string of the molecule is CCc1ccc(C(=O)CCCN=[N+]=[N-])cc1. The van der Waals surface area contributed by atoms with Crippen LogP contribution in [0.2, 0.25) is 0 Å². The van der Waals surface area contributed by atoms with Crippen molar-refractivity contribution in [1.82, 2.24) is 0 Å². The molecule has 0 aliphatic carbocycles. The van der Waals surface area contributed by atoms with E-state index in [1.165, 1.54) is 5.56 Å². The smallest absolute Gasteiger partial charge is 0.162 e. The second-order valence-corrected chi connectivity index (χ2v) is 3.53. The van der Waals surface area contributed by atoms with Gasteiger partial charge in [-0.1, -0.05) is 36.3 Å². The van der Waals surface area contributed by atoms with Gasteiger partial charge in [0.1, 0.15) is 0 Å². The lowest BCUT2D eigenvalue weighted by molar-refractivity contribution is 0.0981. The van der Waals surface area contributed by atoms with Crippen molar-refractivity contribution in [3.05, 3.63) is 45.8 Å². The van der Waals surface area contributed by atoms with Crippen LogP contribution in [0.4, 0.5) is 0 Å². The molecule has 0 aromatic heterocycles. The quantitative estimate of drug-likeness (QED) is 0.236. The van der Waals surface area contributed by atoms with Crippen molar-refractivity contribution in [2.24, 2.45) is 5.11 Å². The Hall–Kier alpha value is -1.80. The number of hydrogen-bond acceptors (Lipinski definition) is 2. The average molecular weight is 217 g/mol. The van der Waals surface area contributed by atoms with E-state index in [0.29, 0.717) is 19.4 Å². The van der Waals surface area contributed by atoms with Gasteiger partial charge in [0.15, 0.2) is 5.78 Å². The van der Waals surface area contributed by atoms with Crippen molar-refractivity contribution in [2.45, 2.75) is 26.2 Å². The number of carbonyl (C=O) groups is 1. The topological polar surface area (TPSA) is 65.8 Å². The Bertz CT molecular complexity index is 391. The van der Waals surface area contributed by atoms with Gasteiger partial charge in [-0.25, -0.2) is 0 Å². The average Bonchev–Trinajstić information content (AvgIpc) is 2.34. The van der Waals surface area contributed by atoms with Gasteiger partial charge in [-0.05, 0) is 23.9 Å². The van der Waals surface area contributed by atoms with Crippen LogP contribution in [0.5, 0.6) is 0 Å². The number of carbonyl (C=O) groups excluding carboxylic acids is 1. The third kappa shape index (κ3) is 3.75. The normalized spacial score (nSPS) is 9.56. The first-order chi connectivity index (χ1) is 7.77. The number of aryl methyl sites for hydroxylation is 1. The second-order valence-electron chi connectivity index (χ2n) is 3.53. The minimum atomic E-state index is 0.107. The van der Waals surface area contributed by atoms with Gasteiger partial charge in [0.2, 0.25) is 0 Å². The molecular weight excluding hydrogens is 202 g/mol. The number of ketones is 1. The zero-order valence-corrected chi connectivity index (χ0v) is 9.39. The van der Waals surface area contributed by atoms with E-state index >= 15 is 0 Å². The van der Waals surface area contributed by atoms with Gasteiger partial charge in [0, 0.05) is 23.4 Å². The summed E-state index contributed by atoms with van der Waals surface area (Å²) < 4.78 is 0. The fourth-order valence-electron chi connectivity index (χ4n) is 1.43. The predicted molar refractivity (Wildman–Crippen MR) is 63.4 cm³/mol. The Morgan fingerprint density at radius 3 is 2.62 bits per heavy atom. The van der Waals surface area contributed by atoms with E-state index in [2.05, 4.69) is 16.9 Å². The molecule has 4 nitrogen and oxygen atoms in total. The van der Waals surface area contributed by atoms with Gasteiger partial charge in [-0.3, -0.25) is 4.79 Å². The summed E-state index contributed by atoms with van der Waals surface area (Å²) >= 11 is 0. The third-order valence-corrected chi connectivity index (χ3v) is 2.41. The highest BCUT2D eigenvalue weighted by Crippen LogP contribution is 2.08. The van der Waals surface area contributed by atoms with E-state index in [0.717, 1.165) is 12.0 Å². The van der Waals surface area contributed by atoms with Crippen LogP contribution in [-0.2, 0) is 6.42 Å². The molecular formula is C12H15N3O. The molecule has 0 fully saturated rings. The third-order valence-electron chi connectivity index (χ3n) is 2.41. The van der Waals surface area contributed by atoms with Crippen LogP contribution >= 0.6 is 0 Å². The molecule has 0 saturated heterocycles. The number of hydrogen-bond donors (Lipinski definition) is 0. The lowest BCUT2D eigenvalue weighted by atomic mass is 10.0. The molecule has 0 aliphatic rings. The number of Topliss-reactive ketones (excluding diaryl/α,β-unsaturated/α-hetero) is 1. The summed E-state index contributed by atoms with van der Waals surface area (Å²) in [7, 11) is 0. The van der Waals surface area contributed by atoms with E-state index < -0.39 is 0 Å². The highest BCUT2D eigenvalue weighted by molar-refractivity contribution is 5.96. The lowest BCUT2D eigenvalue weighted by Crippen LogP contribution is -1.99. The molecule has 0 heterocycles. The number of azide groups is 1. The van der Waals surface area contributed by atoms with Crippen LogP contribution in [0.3, 0.4) is 0 Å². The molecule has 0 bridgehead atoms. The first kappa shape index (κ1) is 12.3. The van der Waals surface area contributed by atoms with Gasteiger partial charge in [0.25, 0.3) is 0 Å². The Morgan fingerprint density at radius 2 is 2.06 bits per heavy atom. The highest BCUT2D eigenvalue weighted by Gasteiger charge is 2.04. The van der Waals surface area contributed by atoms with Crippen molar-refractivity contribution in [1.29, 1.82) is 0 Å².